The van der Waals surface area contributed by atoms with E-state index in [1.165, 1.54) is 37.8 Å². The molecule has 1 atom stereocenters. The number of hydrogen-bond donors (Lipinski definition) is 0. The second kappa shape index (κ2) is 15.2. The smallest absolute Gasteiger partial charge is 0.201 e. The summed E-state index contributed by atoms with van der Waals surface area (Å²) in [5.74, 6) is -3.22. The summed E-state index contributed by atoms with van der Waals surface area (Å²) in [5.41, 5.74) is 2.33. The molecular weight excluding hydrogens is 524 g/mol. The van der Waals surface area contributed by atoms with Crippen molar-refractivity contribution in [1.82, 2.24) is 0 Å². The van der Waals surface area contributed by atoms with Gasteiger partial charge in [0.1, 0.15) is 0 Å². The molecule has 0 aromatic heterocycles. The molecule has 1 aliphatic carbocycles. The number of rotatable bonds is 14. The maximum Gasteiger partial charge on any atom is 0.201 e. The predicted octanol–water partition coefficient (Wildman–Crippen LogP) is 11.7. The van der Waals surface area contributed by atoms with Gasteiger partial charge in [-0.3, -0.25) is 0 Å². The number of halogens is 4. The summed E-state index contributed by atoms with van der Waals surface area (Å²) in [6.45, 7) is 4.67. The first-order valence-corrected chi connectivity index (χ1v) is 15.3. The minimum Gasteiger partial charge on any atom is -0.490 e. The summed E-state index contributed by atoms with van der Waals surface area (Å²) < 4.78 is 65.5. The molecular formula is C36H42F4O. The second-order valence-corrected chi connectivity index (χ2v) is 11.2. The molecule has 0 saturated heterocycles. The number of benzene rings is 3. The van der Waals surface area contributed by atoms with E-state index < -0.39 is 23.3 Å². The molecule has 0 radical (unpaired) electrons. The third kappa shape index (κ3) is 7.81. The highest BCUT2D eigenvalue weighted by Crippen LogP contribution is 2.37. The first kappa shape index (κ1) is 30.9. The fourth-order valence-electron chi connectivity index (χ4n) is 5.68. The van der Waals surface area contributed by atoms with Gasteiger partial charge in [0.2, 0.25) is 5.82 Å². The first-order chi connectivity index (χ1) is 19.9. The molecule has 5 heteroatoms. The Morgan fingerprint density at radius 1 is 0.634 bits per heavy atom. The summed E-state index contributed by atoms with van der Waals surface area (Å²) in [7, 11) is 0. The molecule has 1 nitrogen and oxygen atoms in total. The highest BCUT2D eigenvalue weighted by molar-refractivity contribution is 5.74. The third-order valence-corrected chi connectivity index (χ3v) is 8.22. The van der Waals surface area contributed by atoms with Crippen LogP contribution in [0.2, 0.25) is 0 Å². The zero-order valence-electron chi connectivity index (χ0n) is 24.4. The maximum atomic E-state index is 15.2. The Morgan fingerprint density at radius 2 is 1.20 bits per heavy atom. The van der Waals surface area contributed by atoms with Gasteiger partial charge in [-0.15, -0.1) is 0 Å². The molecule has 0 aliphatic heterocycles. The van der Waals surface area contributed by atoms with Crippen LogP contribution in [0.5, 0.6) is 5.75 Å². The minimum absolute atomic E-state index is 0.0866. The molecule has 1 aliphatic rings. The van der Waals surface area contributed by atoms with Crippen molar-refractivity contribution in [1.29, 1.82) is 0 Å². The van der Waals surface area contributed by atoms with Gasteiger partial charge < -0.3 is 4.74 Å². The van der Waals surface area contributed by atoms with Crippen LogP contribution in [0.4, 0.5) is 17.6 Å². The van der Waals surface area contributed by atoms with E-state index in [2.05, 4.69) is 19.9 Å². The Morgan fingerprint density at radius 3 is 1.83 bits per heavy atom. The summed E-state index contributed by atoms with van der Waals surface area (Å²) in [6.07, 6.45) is 14.8. The van der Waals surface area contributed by atoms with E-state index in [-0.39, 0.29) is 16.9 Å². The summed E-state index contributed by atoms with van der Waals surface area (Å²) >= 11 is 0. The van der Waals surface area contributed by atoms with Gasteiger partial charge in [0.05, 0.1) is 6.61 Å². The van der Waals surface area contributed by atoms with Gasteiger partial charge in [-0.05, 0) is 60.4 Å². The van der Waals surface area contributed by atoms with Crippen LogP contribution in [-0.2, 0) is 0 Å². The van der Waals surface area contributed by atoms with Crippen molar-refractivity contribution in [2.24, 2.45) is 5.92 Å². The van der Waals surface area contributed by atoms with E-state index in [1.807, 2.05) is 0 Å². The van der Waals surface area contributed by atoms with Gasteiger partial charge in [-0.2, -0.15) is 4.39 Å². The maximum absolute atomic E-state index is 15.2. The Bertz CT molecular complexity index is 1310. The minimum atomic E-state index is -1.02. The number of unbranched alkanes of at least 4 members (excludes halogenated alkanes) is 6. The summed E-state index contributed by atoms with van der Waals surface area (Å²) in [4.78, 5) is 0. The fraction of sp³-hybridized carbons (Fsp3) is 0.444. The molecule has 4 rings (SSSR count). The lowest BCUT2D eigenvalue weighted by molar-refractivity contribution is 0.285. The van der Waals surface area contributed by atoms with Crippen LogP contribution < -0.4 is 4.74 Å². The van der Waals surface area contributed by atoms with Crippen molar-refractivity contribution in [3.63, 3.8) is 0 Å². The van der Waals surface area contributed by atoms with E-state index in [1.54, 1.807) is 36.4 Å². The third-order valence-electron chi connectivity index (χ3n) is 8.22. The van der Waals surface area contributed by atoms with Crippen LogP contribution in [0.25, 0.3) is 27.8 Å². The van der Waals surface area contributed by atoms with Crippen molar-refractivity contribution in [2.75, 3.05) is 6.61 Å². The molecule has 3 aromatic carbocycles. The van der Waals surface area contributed by atoms with Crippen LogP contribution in [0.3, 0.4) is 0 Å². The molecule has 0 amide bonds. The van der Waals surface area contributed by atoms with Gasteiger partial charge in [-0.1, -0.05) is 108 Å². The standard InChI is InChI=1S/C36H42F4O/c1-3-5-7-8-10-24-41-32-23-22-31(35(39)36(32)40)28-18-16-27(17-19-28)30-21-20-29(33(37)34(30)38)26-14-12-25(13-15-26)11-9-6-4-2/h14,16-23,25H,3-13,15,24H2,1-2H3. The first-order valence-electron chi connectivity index (χ1n) is 15.3. The fourth-order valence-corrected chi connectivity index (χ4v) is 5.68. The van der Waals surface area contributed by atoms with Crippen molar-refractivity contribution >= 4 is 5.57 Å². The molecule has 0 fully saturated rings. The average molecular weight is 567 g/mol. The molecule has 0 heterocycles. The average Bonchev–Trinajstić information content (AvgIpc) is 2.99. The zero-order valence-corrected chi connectivity index (χ0v) is 24.4. The molecule has 0 saturated carbocycles. The molecule has 3 aromatic rings. The van der Waals surface area contributed by atoms with Crippen molar-refractivity contribution in [2.45, 2.75) is 90.9 Å². The van der Waals surface area contributed by atoms with Crippen LogP contribution in [0.1, 0.15) is 96.5 Å². The van der Waals surface area contributed by atoms with E-state index >= 15 is 8.78 Å². The second-order valence-electron chi connectivity index (χ2n) is 11.2. The monoisotopic (exact) mass is 566 g/mol. The predicted molar refractivity (Wildman–Crippen MR) is 161 cm³/mol. The SMILES string of the molecule is CCCCCCCOc1ccc(-c2ccc(-c3ccc(C4=CCC(CCCCC)CC4)c(F)c3F)cc2)c(F)c1F. The van der Waals surface area contributed by atoms with Gasteiger partial charge in [0.25, 0.3) is 0 Å². The van der Waals surface area contributed by atoms with E-state index in [0.29, 0.717) is 29.2 Å². The topological polar surface area (TPSA) is 9.23 Å². The molecule has 0 bridgehead atoms. The van der Waals surface area contributed by atoms with Crippen LogP contribution in [-0.4, -0.2) is 6.61 Å². The largest absolute Gasteiger partial charge is 0.490 e. The number of ether oxygens (including phenoxy) is 1. The molecule has 0 spiro atoms. The van der Waals surface area contributed by atoms with E-state index in [9.17, 15) is 8.78 Å². The van der Waals surface area contributed by atoms with Crippen LogP contribution in [0, 0.1) is 29.2 Å². The zero-order chi connectivity index (χ0) is 29.2. The molecule has 0 N–H and O–H groups in total. The Kier molecular flexibility index (Phi) is 11.5. The number of hydrogen-bond acceptors (Lipinski definition) is 1. The van der Waals surface area contributed by atoms with Crippen molar-refractivity contribution < 1.29 is 22.3 Å². The lowest BCUT2D eigenvalue weighted by Crippen LogP contribution is -2.07. The van der Waals surface area contributed by atoms with E-state index in [4.69, 9.17) is 4.74 Å². The summed E-state index contributed by atoms with van der Waals surface area (Å²) in [5, 5.41) is 0. The highest BCUT2D eigenvalue weighted by Gasteiger charge is 2.21. The Balaban J connectivity index is 1.44. The molecule has 220 valence electrons. The quantitative estimate of drug-likeness (QED) is 0.139. The van der Waals surface area contributed by atoms with Gasteiger partial charge in [0.15, 0.2) is 23.2 Å². The van der Waals surface area contributed by atoms with Gasteiger partial charge >= 0.3 is 0 Å². The van der Waals surface area contributed by atoms with Gasteiger partial charge in [0, 0.05) is 16.7 Å². The highest BCUT2D eigenvalue weighted by atomic mass is 19.2. The van der Waals surface area contributed by atoms with Crippen LogP contribution >= 0.6 is 0 Å². The Labute approximate surface area is 242 Å². The normalized spacial score (nSPS) is 15.2. The van der Waals surface area contributed by atoms with Crippen LogP contribution in [0.15, 0.2) is 54.6 Å². The molecule has 41 heavy (non-hydrogen) atoms. The van der Waals surface area contributed by atoms with Crippen molar-refractivity contribution in [3.8, 4) is 28.0 Å². The van der Waals surface area contributed by atoms with E-state index in [0.717, 1.165) is 56.9 Å². The van der Waals surface area contributed by atoms with Gasteiger partial charge in [-0.25, -0.2) is 13.2 Å². The lowest BCUT2D eigenvalue weighted by atomic mass is 9.83. The summed E-state index contributed by atoms with van der Waals surface area (Å²) in [6, 6.07) is 12.6. The Hall–Kier alpha value is -3.08. The number of allylic oxidation sites excluding steroid dienone is 2. The molecule has 1 unspecified atom stereocenters. The lowest BCUT2D eigenvalue weighted by Gasteiger charge is -2.22. The van der Waals surface area contributed by atoms with Crippen molar-refractivity contribution in [3.05, 3.63) is 83.4 Å².